The van der Waals surface area contributed by atoms with Gasteiger partial charge in [-0.05, 0) is 19.8 Å². The van der Waals surface area contributed by atoms with Crippen LogP contribution in [0.3, 0.4) is 0 Å². The van der Waals surface area contributed by atoms with E-state index in [-0.39, 0.29) is 23.2 Å². The Bertz CT molecular complexity index is 302. The molecule has 0 amide bonds. The van der Waals surface area contributed by atoms with Gasteiger partial charge in [0.25, 0.3) is 0 Å². The topological polar surface area (TPSA) is 62.1 Å². The van der Waals surface area contributed by atoms with Crippen molar-refractivity contribution in [1.29, 1.82) is 5.26 Å². The van der Waals surface area contributed by atoms with Crippen molar-refractivity contribution in [3.63, 3.8) is 0 Å². The quantitative estimate of drug-likeness (QED) is 0.678. The minimum atomic E-state index is -0.0910. The van der Waals surface area contributed by atoms with Gasteiger partial charge in [-0.1, -0.05) is 0 Å². The lowest BCUT2D eigenvalue weighted by Gasteiger charge is -2.45. The van der Waals surface area contributed by atoms with Crippen LogP contribution in [0.4, 0.5) is 0 Å². The Kier molecular flexibility index (Phi) is 2.66. The molecule has 4 nitrogen and oxygen atoms in total. The van der Waals surface area contributed by atoms with E-state index in [0.29, 0.717) is 6.61 Å². The minimum Gasteiger partial charge on any atom is -0.466 e. The van der Waals surface area contributed by atoms with Gasteiger partial charge in [0.15, 0.2) is 0 Å². The van der Waals surface area contributed by atoms with Crippen molar-refractivity contribution in [2.45, 2.75) is 19.8 Å². The van der Waals surface area contributed by atoms with Gasteiger partial charge in [-0.3, -0.25) is 4.79 Å². The number of nitrogens with one attached hydrogen (secondary N) is 1. The highest BCUT2D eigenvalue weighted by atomic mass is 16.5. The molecule has 0 radical (unpaired) electrons. The van der Waals surface area contributed by atoms with Crippen LogP contribution in [0, 0.1) is 28.6 Å². The number of hydrogen-bond acceptors (Lipinski definition) is 4. The number of carbonyl (C=O) groups is 1. The zero-order valence-corrected chi connectivity index (χ0v) is 8.95. The first-order chi connectivity index (χ1) is 7.22. The van der Waals surface area contributed by atoms with E-state index in [1.807, 2.05) is 6.92 Å². The van der Waals surface area contributed by atoms with E-state index in [0.717, 1.165) is 25.9 Å². The van der Waals surface area contributed by atoms with Crippen molar-refractivity contribution in [3.05, 3.63) is 0 Å². The summed E-state index contributed by atoms with van der Waals surface area (Å²) in [6.07, 6.45) is 1.63. The first-order valence-electron chi connectivity index (χ1n) is 5.49. The molecule has 1 heterocycles. The van der Waals surface area contributed by atoms with Gasteiger partial charge in [-0.2, -0.15) is 5.26 Å². The molecular weight excluding hydrogens is 192 g/mol. The number of rotatable bonds is 2. The van der Waals surface area contributed by atoms with E-state index >= 15 is 0 Å². The summed E-state index contributed by atoms with van der Waals surface area (Å²) in [6.45, 7) is 3.91. The number of nitrogens with zero attached hydrogens (tertiary/aromatic N) is 1. The van der Waals surface area contributed by atoms with E-state index in [1.165, 1.54) is 0 Å². The van der Waals surface area contributed by atoms with Crippen molar-refractivity contribution < 1.29 is 9.53 Å². The Labute approximate surface area is 89.6 Å². The fourth-order valence-electron chi connectivity index (χ4n) is 2.77. The van der Waals surface area contributed by atoms with E-state index in [9.17, 15) is 4.79 Å². The van der Waals surface area contributed by atoms with Crippen molar-refractivity contribution in [2.24, 2.45) is 17.3 Å². The highest BCUT2D eigenvalue weighted by Gasteiger charge is 2.54. The molecule has 15 heavy (non-hydrogen) atoms. The second-order valence-corrected chi connectivity index (χ2v) is 4.53. The van der Waals surface area contributed by atoms with Crippen LogP contribution >= 0.6 is 0 Å². The lowest BCUT2D eigenvalue weighted by atomic mass is 9.57. The second-order valence-electron chi connectivity index (χ2n) is 4.53. The predicted octanol–water partition coefficient (Wildman–Crippen LogP) is 0.689. The summed E-state index contributed by atoms with van der Waals surface area (Å²) in [5.41, 5.74) is 0.0617. The molecule has 1 N–H and O–H groups in total. The third kappa shape index (κ3) is 1.61. The molecule has 82 valence electrons. The first-order valence-corrected chi connectivity index (χ1v) is 5.49. The molecule has 0 bridgehead atoms. The Balaban J connectivity index is 1.91. The van der Waals surface area contributed by atoms with Crippen molar-refractivity contribution in [3.8, 4) is 6.07 Å². The Morgan fingerprint density at radius 2 is 2.40 bits per heavy atom. The third-order valence-corrected chi connectivity index (χ3v) is 3.65. The second kappa shape index (κ2) is 3.82. The number of nitriles is 1. The van der Waals surface area contributed by atoms with Crippen LogP contribution in [-0.2, 0) is 9.53 Å². The predicted molar refractivity (Wildman–Crippen MR) is 53.8 cm³/mol. The van der Waals surface area contributed by atoms with E-state index in [1.54, 1.807) is 0 Å². The SMILES string of the molecule is CCOC(=O)C1CC2(CNCC2C#N)C1. The lowest BCUT2D eigenvalue weighted by molar-refractivity contribution is -0.156. The average molecular weight is 208 g/mol. The Morgan fingerprint density at radius 1 is 1.67 bits per heavy atom. The van der Waals surface area contributed by atoms with Crippen LogP contribution in [0.5, 0.6) is 0 Å². The van der Waals surface area contributed by atoms with Crippen molar-refractivity contribution >= 4 is 5.97 Å². The monoisotopic (exact) mass is 208 g/mol. The summed E-state index contributed by atoms with van der Waals surface area (Å²) in [5, 5.41) is 12.2. The highest BCUT2D eigenvalue weighted by molar-refractivity contribution is 5.74. The standard InChI is InChI=1S/C11H16N2O2/c1-2-15-10(14)8-3-11(4-8)7-13-6-9(11)5-12/h8-9,13H,2-4,6-7H2,1H3. The summed E-state index contributed by atoms with van der Waals surface area (Å²) in [4.78, 5) is 11.4. The van der Waals surface area contributed by atoms with Crippen LogP contribution in [0.1, 0.15) is 19.8 Å². The molecular formula is C11H16N2O2. The largest absolute Gasteiger partial charge is 0.466 e. The summed E-state index contributed by atoms with van der Waals surface area (Å²) < 4.78 is 4.98. The van der Waals surface area contributed by atoms with Gasteiger partial charge in [-0.15, -0.1) is 0 Å². The molecule has 0 aromatic rings. The lowest BCUT2D eigenvalue weighted by Crippen LogP contribution is -2.46. The number of hydrogen-bond donors (Lipinski definition) is 1. The number of carbonyl (C=O) groups excluding carboxylic acids is 1. The zero-order chi connectivity index (χ0) is 10.9. The molecule has 1 unspecified atom stereocenters. The molecule has 0 aromatic heterocycles. The van der Waals surface area contributed by atoms with Gasteiger partial charge < -0.3 is 10.1 Å². The summed E-state index contributed by atoms with van der Waals surface area (Å²) in [5.74, 6) is 0.00981. The third-order valence-electron chi connectivity index (χ3n) is 3.65. The maximum Gasteiger partial charge on any atom is 0.308 e. The highest BCUT2D eigenvalue weighted by Crippen LogP contribution is 2.52. The van der Waals surface area contributed by atoms with Gasteiger partial charge in [-0.25, -0.2) is 0 Å². The molecule has 2 rings (SSSR count). The molecule has 2 fully saturated rings. The molecule has 1 spiro atoms. The normalized spacial score (nSPS) is 38.4. The Hall–Kier alpha value is -1.08. The van der Waals surface area contributed by atoms with Gasteiger partial charge in [0.2, 0.25) is 0 Å². The molecule has 1 saturated heterocycles. The Morgan fingerprint density at radius 3 is 3.00 bits per heavy atom. The molecule has 1 aliphatic heterocycles. The first kappa shape index (κ1) is 10.4. The van der Waals surface area contributed by atoms with Gasteiger partial charge in [0, 0.05) is 18.5 Å². The minimum absolute atomic E-state index is 0.0284. The smallest absolute Gasteiger partial charge is 0.308 e. The van der Waals surface area contributed by atoms with Crippen LogP contribution in [0.2, 0.25) is 0 Å². The van der Waals surface area contributed by atoms with Gasteiger partial charge in [0.1, 0.15) is 0 Å². The van der Waals surface area contributed by atoms with Crippen molar-refractivity contribution in [2.75, 3.05) is 19.7 Å². The van der Waals surface area contributed by atoms with E-state index in [4.69, 9.17) is 10.00 Å². The summed E-state index contributed by atoms with van der Waals surface area (Å²) >= 11 is 0. The van der Waals surface area contributed by atoms with Crippen LogP contribution < -0.4 is 5.32 Å². The van der Waals surface area contributed by atoms with Crippen molar-refractivity contribution in [1.82, 2.24) is 5.32 Å². The molecule has 4 heteroatoms. The molecule has 0 aromatic carbocycles. The van der Waals surface area contributed by atoms with Crippen LogP contribution in [-0.4, -0.2) is 25.7 Å². The van der Waals surface area contributed by atoms with Crippen LogP contribution in [0.25, 0.3) is 0 Å². The fourth-order valence-corrected chi connectivity index (χ4v) is 2.77. The zero-order valence-electron chi connectivity index (χ0n) is 8.95. The van der Waals surface area contributed by atoms with E-state index < -0.39 is 0 Å². The summed E-state index contributed by atoms with van der Waals surface area (Å²) in [7, 11) is 0. The maximum absolute atomic E-state index is 11.4. The average Bonchev–Trinajstić information content (AvgIpc) is 2.58. The maximum atomic E-state index is 11.4. The van der Waals surface area contributed by atoms with E-state index in [2.05, 4.69) is 11.4 Å². The summed E-state index contributed by atoms with van der Waals surface area (Å²) in [6, 6.07) is 2.33. The fraction of sp³-hybridized carbons (Fsp3) is 0.818. The number of ether oxygens (including phenoxy) is 1. The van der Waals surface area contributed by atoms with Gasteiger partial charge in [0.05, 0.1) is 24.5 Å². The van der Waals surface area contributed by atoms with Crippen LogP contribution in [0.15, 0.2) is 0 Å². The molecule has 1 atom stereocenters. The number of esters is 1. The molecule has 1 aliphatic carbocycles. The van der Waals surface area contributed by atoms with Gasteiger partial charge >= 0.3 is 5.97 Å². The molecule has 1 saturated carbocycles. The molecule has 2 aliphatic rings.